The number of benzene rings is 4. The van der Waals surface area contributed by atoms with Crippen molar-refractivity contribution in [3.8, 4) is 22.6 Å². The standard InChI is InChI=1S/C31H32N2O5S/c1-20(2)39(36,37)33-28-16-21(3)15-23(18-28)19-38-30-14-11-27(17-22(30)4)32-31(35)26-7-5-24(6-8-26)25-9-12-29(34)13-10-25/h5-18,20,33-34H,19H2,1-4H3,(H,32,35). The van der Waals surface area contributed by atoms with E-state index in [4.69, 9.17) is 4.74 Å². The molecular weight excluding hydrogens is 512 g/mol. The number of nitrogens with one attached hydrogen (secondary N) is 2. The van der Waals surface area contributed by atoms with E-state index in [0.29, 0.717) is 22.7 Å². The Labute approximate surface area is 229 Å². The Kier molecular flexibility index (Phi) is 8.26. The Balaban J connectivity index is 1.39. The van der Waals surface area contributed by atoms with Crippen LogP contribution in [0.2, 0.25) is 0 Å². The van der Waals surface area contributed by atoms with Gasteiger partial charge in [0.1, 0.15) is 18.1 Å². The molecule has 1 amide bonds. The molecule has 0 saturated heterocycles. The van der Waals surface area contributed by atoms with Crippen molar-refractivity contribution < 1.29 is 23.1 Å². The topological polar surface area (TPSA) is 105 Å². The van der Waals surface area contributed by atoms with Gasteiger partial charge in [0.25, 0.3) is 5.91 Å². The fourth-order valence-corrected chi connectivity index (χ4v) is 4.69. The summed E-state index contributed by atoms with van der Waals surface area (Å²) in [5.74, 6) is 0.645. The summed E-state index contributed by atoms with van der Waals surface area (Å²) >= 11 is 0. The number of phenolic OH excluding ortho intramolecular Hbond substituents is 1. The molecule has 0 unspecified atom stereocenters. The third kappa shape index (κ3) is 7.18. The van der Waals surface area contributed by atoms with Gasteiger partial charge < -0.3 is 15.2 Å². The lowest BCUT2D eigenvalue weighted by molar-refractivity contribution is 0.102. The Morgan fingerprint density at radius 2 is 1.49 bits per heavy atom. The number of aryl methyl sites for hydroxylation is 2. The summed E-state index contributed by atoms with van der Waals surface area (Å²) in [7, 11) is -3.44. The number of amides is 1. The van der Waals surface area contributed by atoms with Crippen molar-refractivity contribution in [2.24, 2.45) is 0 Å². The maximum absolute atomic E-state index is 12.8. The van der Waals surface area contributed by atoms with Gasteiger partial charge in [-0.2, -0.15) is 0 Å². The van der Waals surface area contributed by atoms with Gasteiger partial charge in [0.05, 0.1) is 5.25 Å². The summed E-state index contributed by atoms with van der Waals surface area (Å²) in [4.78, 5) is 12.8. The van der Waals surface area contributed by atoms with E-state index in [0.717, 1.165) is 27.8 Å². The second kappa shape index (κ2) is 11.6. The highest BCUT2D eigenvalue weighted by Gasteiger charge is 2.16. The normalized spacial score (nSPS) is 11.3. The molecule has 4 rings (SSSR count). The number of carbonyl (C=O) groups excluding carboxylic acids is 1. The molecule has 3 N–H and O–H groups in total. The molecule has 0 bridgehead atoms. The van der Waals surface area contributed by atoms with Crippen LogP contribution in [0.1, 0.15) is 40.9 Å². The van der Waals surface area contributed by atoms with Crippen LogP contribution in [0.25, 0.3) is 11.1 Å². The minimum absolute atomic E-state index is 0.206. The number of aromatic hydroxyl groups is 1. The summed E-state index contributed by atoms with van der Waals surface area (Å²) < 4.78 is 33.1. The molecule has 39 heavy (non-hydrogen) atoms. The van der Waals surface area contributed by atoms with Crippen LogP contribution in [-0.4, -0.2) is 24.7 Å². The fraction of sp³-hybridized carbons (Fsp3) is 0.194. The van der Waals surface area contributed by atoms with Crippen LogP contribution in [0, 0.1) is 13.8 Å². The van der Waals surface area contributed by atoms with Gasteiger partial charge in [-0.25, -0.2) is 8.42 Å². The number of ether oxygens (including phenoxy) is 1. The van der Waals surface area contributed by atoms with E-state index in [9.17, 15) is 18.3 Å². The molecule has 0 radical (unpaired) electrons. The number of phenols is 1. The molecule has 0 aliphatic carbocycles. The Bertz CT molecular complexity index is 1580. The quantitative estimate of drug-likeness (QED) is 0.219. The molecule has 4 aromatic carbocycles. The summed E-state index contributed by atoms with van der Waals surface area (Å²) in [6.45, 7) is 7.33. The minimum atomic E-state index is -3.44. The van der Waals surface area contributed by atoms with Crippen molar-refractivity contribution in [1.29, 1.82) is 0 Å². The second-order valence-corrected chi connectivity index (χ2v) is 12.0. The van der Waals surface area contributed by atoms with Crippen LogP contribution in [-0.2, 0) is 16.6 Å². The number of hydrogen-bond acceptors (Lipinski definition) is 5. The van der Waals surface area contributed by atoms with Crippen molar-refractivity contribution in [2.45, 2.75) is 39.6 Å². The van der Waals surface area contributed by atoms with Crippen molar-refractivity contribution in [3.63, 3.8) is 0 Å². The molecule has 0 atom stereocenters. The van der Waals surface area contributed by atoms with Crippen molar-refractivity contribution >= 4 is 27.3 Å². The molecule has 0 aliphatic rings. The first-order chi connectivity index (χ1) is 18.5. The van der Waals surface area contributed by atoms with Gasteiger partial charge >= 0.3 is 0 Å². The van der Waals surface area contributed by atoms with Crippen LogP contribution in [0.15, 0.2) is 84.9 Å². The van der Waals surface area contributed by atoms with E-state index in [1.54, 1.807) is 62.4 Å². The second-order valence-electron chi connectivity index (χ2n) is 9.75. The van der Waals surface area contributed by atoms with Gasteiger partial charge in [0.15, 0.2) is 0 Å². The zero-order valence-corrected chi connectivity index (χ0v) is 23.2. The van der Waals surface area contributed by atoms with Crippen LogP contribution >= 0.6 is 0 Å². The highest BCUT2D eigenvalue weighted by Crippen LogP contribution is 2.26. The Hall–Kier alpha value is -4.30. The molecule has 7 nitrogen and oxygen atoms in total. The first-order valence-electron chi connectivity index (χ1n) is 12.6. The van der Waals surface area contributed by atoms with E-state index in [1.165, 1.54) is 0 Å². The van der Waals surface area contributed by atoms with Crippen LogP contribution in [0.3, 0.4) is 0 Å². The van der Waals surface area contributed by atoms with Gasteiger partial charge in [-0.3, -0.25) is 9.52 Å². The molecule has 0 heterocycles. The van der Waals surface area contributed by atoms with Crippen molar-refractivity contribution in [2.75, 3.05) is 10.0 Å². The van der Waals surface area contributed by atoms with Gasteiger partial charge in [0, 0.05) is 16.9 Å². The SMILES string of the molecule is Cc1cc(COc2ccc(NC(=O)c3ccc(-c4ccc(O)cc4)cc3)cc2C)cc(NS(=O)(=O)C(C)C)c1. The highest BCUT2D eigenvalue weighted by atomic mass is 32.2. The number of hydrogen-bond donors (Lipinski definition) is 3. The monoisotopic (exact) mass is 544 g/mol. The van der Waals surface area contributed by atoms with E-state index in [1.807, 2.05) is 50.2 Å². The van der Waals surface area contributed by atoms with E-state index in [2.05, 4.69) is 10.0 Å². The predicted molar refractivity (Wildman–Crippen MR) is 156 cm³/mol. The summed E-state index contributed by atoms with van der Waals surface area (Å²) in [5, 5.41) is 11.8. The van der Waals surface area contributed by atoms with Crippen LogP contribution in [0.5, 0.6) is 11.5 Å². The van der Waals surface area contributed by atoms with E-state index < -0.39 is 15.3 Å². The summed E-state index contributed by atoms with van der Waals surface area (Å²) in [6, 6.07) is 25.1. The average Bonchev–Trinajstić information content (AvgIpc) is 2.88. The van der Waals surface area contributed by atoms with Gasteiger partial charge in [-0.15, -0.1) is 0 Å². The first-order valence-corrected chi connectivity index (χ1v) is 14.1. The number of anilines is 2. The lowest BCUT2D eigenvalue weighted by Gasteiger charge is -2.15. The Morgan fingerprint density at radius 1 is 0.846 bits per heavy atom. The van der Waals surface area contributed by atoms with Gasteiger partial charge in [-0.05, 0) is 110 Å². The average molecular weight is 545 g/mol. The lowest BCUT2D eigenvalue weighted by Crippen LogP contribution is -2.22. The predicted octanol–water partition coefficient (Wildman–Crippen LogP) is 6.66. The molecule has 8 heteroatoms. The molecule has 4 aromatic rings. The van der Waals surface area contributed by atoms with Crippen LogP contribution < -0.4 is 14.8 Å². The first kappa shape index (κ1) is 27.7. The molecular formula is C31H32N2O5S. The van der Waals surface area contributed by atoms with Crippen molar-refractivity contribution in [3.05, 3.63) is 107 Å². The summed E-state index contributed by atoms with van der Waals surface area (Å²) in [6.07, 6.45) is 0. The zero-order chi connectivity index (χ0) is 28.2. The number of rotatable bonds is 9. The molecule has 0 aliphatic heterocycles. The van der Waals surface area contributed by atoms with E-state index in [-0.39, 0.29) is 18.3 Å². The largest absolute Gasteiger partial charge is 0.508 e. The molecule has 0 saturated carbocycles. The zero-order valence-electron chi connectivity index (χ0n) is 22.4. The van der Waals surface area contributed by atoms with Crippen LogP contribution in [0.4, 0.5) is 11.4 Å². The van der Waals surface area contributed by atoms with Gasteiger partial charge in [0.2, 0.25) is 10.0 Å². The van der Waals surface area contributed by atoms with Gasteiger partial charge in [-0.1, -0.05) is 30.3 Å². The fourth-order valence-electron chi connectivity index (χ4n) is 4.01. The maximum atomic E-state index is 12.8. The minimum Gasteiger partial charge on any atom is -0.508 e. The number of sulfonamides is 1. The third-order valence-electron chi connectivity index (χ3n) is 6.19. The van der Waals surface area contributed by atoms with E-state index >= 15 is 0 Å². The summed E-state index contributed by atoms with van der Waals surface area (Å²) in [5.41, 5.74) is 6.18. The smallest absolute Gasteiger partial charge is 0.255 e. The Morgan fingerprint density at radius 3 is 2.10 bits per heavy atom. The maximum Gasteiger partial charge on any atom is 0.255 e. The highest BCUT2D eigenvalue weighted by molar-refractivity contribution is 7.93. The lowest BCUT2D eigenvalue weighted by atomic mass is 10.0. The molecule has 0 spiro atoms. The molecule has 0 fully saturated rings. The van der Waals surface area contributed by atoms with Crippen molar-refractivity contribution in [1.82, 2.24) is 0 Å². The number of carbonyl (C=O) groups is 1. The molecule has 0 aromatic heterocycles. The molecule has 202 valence electrons. The third-order valence-corrected chi connectivity index (χ3v) is 7.95.